The Morgan fingerprint density at radius 3 is 2.23 bits per heavy atom. The van der Waals surface area contributed by atoms with Crippen LogP contribution in [0.4, 0.5) is 0 Å². The van der Waals surface area contributed by atoms with Crippen LogP contribution in [0.3, 0.4) is 0 Å². The van der Waals surface area contributed by atoms with Crippen LogP contribution in [0.25, 0.3) is 0 Å². The summed E-state index contributed by atoms with van der Waals surface area (Å²) in [5, 5.41) is 0. The topological polar surface area (TPSA) is 27.7 Å². The van der Waals surface area contributed by atoms with E-state index < -0.39 is 7.53 Å². The molecule has 178 valence electrons. The molecule has 0 fully saturated rings. The molecule has 0 aliphatic rings. The first-order valence-corrected chi connectivity index (χ1v) is 18.5. The molecule has 0 radical (unpaired) electrons. The molecule has 31 heavy (non-hydrogen) atoms. The van der Waals surface area contributed by atoms with Crippen molar-refractivity contribution in [2.75, 3.05) is 0 Å². The highest BCUT2D eigenvalue weighted by Gasteiger charge is 2.19. The molecule has 8 atom stereocenters. The second kappa shape index (κ2) is 24.3. The normalized spacial score (nSPS) is 16.5. The summed E-state index contributed by atoms with van der Waals surface area (Å²) >= 11 is 0. The highest BCUT2D eigenvalue weighted by Crippen LogP contribution is 2.55. The Morgan fingerprint density at radius 1 is 0.871 bits per heavy atom. The molecule has 0 aromatic heterocycles. The minimum Gasteiger partial charge on any atom is -0.358 e. The molecule has 0 heterocycles. The van der Waals surface area contributed by atoms with Crippen molar-refractivity contribution in [2.45, 2.75) is 77.1 Å². The quantitative estimate of drug-likeness (QED) is 0.0709. The molecule has 0 aliphatic carbocycles. The highest BCUT2D eigenvalue weighted by atomic mass is 32.4. The predicted octanol–water partition coefficient (Wildman–Crippen LogP) is 8.84. The zero-order chi connectivity index (χ0) is 23.2. The molecule has 8 unspecified atom stereocenters. The first-order valence-electron chi connectivity index (χ1n) is 10.8. The molecule has 0 spiro atoms. The first kappa shape index (κ1) is 32.2. The Kier molecular flexibility index (Phi) is 25.2. The van der Waals surface area contributed by atoms with Crippen LogP contribution in [0.5, 0.6) is 0 Å². The SMILES string of the molecule is CCC=CCC=CC=CC(OP(P)P)C(C=CC=CC(CCCCCC)OP)OPP. The zero-order valence-electron chi connectivity index (χ0n) is 18.9. The fourth-order valence-electron chi connectivity index (χ4n) is 2.66. The maximum Gasteiger partial charge on any atom is 0.111 e. The fourth-order valence-corrected chi connectivity index (χ4v) is 5.04. The summed E-state index contributed by atoms with van der Waals surface area (Å²) in [4.78, 5) is 0. The molecular formula is C22H42O3P6. The van der Waals surface area contributed by atoms with E-state index in [4.69, 9.17) is 13.6 Å². The van der Waals surface area contributed by atoms with Gasteiger partial charge in [-0.15, -0.1) is 0 Å². The number of hydrogen-bond acceptors (Lipinski definition) is 3. The van der Waals surface area contributed by atoms with Crippen molar-refractivity contribution in [1.82, 2.24) is 0 Å². The third-order valence-electron chi connectivity index (χ3n) is 4.25. The number of rotatable bonds is 19. The third kappa shape index (κ3) is 20.3. The van der Waals surface area contributed by atoms with E-state index in [-0.39, 0.29) is 18.3 Å². The van der Waals surface area contributed by atoms with Gasteiger partial charge in [-0.1, -0.05) is 127 Å². The first-order chi connectivity index (χ1) is 15.1. The molecule has 0 bridgehead atoms. The lowest BCUT2D eigenvalue weighted by Gasteiger charge is -2.23. The van der Waals surface area contributed by atoms with Gasteiger partial charge in [0.25, 0.3) is 0 Å². The van der Waals surface area contributed by atoms with Gasteiger partial charge in [0.05, 0.1) is 13.6 Å². The second-order valence-corrected chi connectivity index (χ2v) is 14.1. The summed E-state index contributed by atoms with van der Waals surface area (Å²) < 4.78 is 17.6. The van der Waals surface area contributed by atoms with E-state index in [0.29, 0.717) is 8.50 Å². The standard InChI is InChI=1S/C22H42O3P6/c1-3-5-7-9-10-11-13-19-22(25-31(28)29)21(24-30-27)18-15-14-17-20(23-26)16-12-8-6-4-2/h5,7,10-11,13-15,17-22,30H,3-4,6,8-9,12,16,26-29H2,1-2H3. The van der Waals surface area contributed by atoms with Crippen LogP contribution in [-0.2, 0) is 13.6 Å². The van der Waals surface area contributed by atoms with Gasteiger partial charge >= 0.3 is 0 Å². The lowest BCUT2D eigenvalue weighted by molar-refractivity contribution is 0.147. The van der Waals surface area contributed by atoms with Gasteiger partial charge in [-0.3, -0.25) is 0 Å². The molecule has 0 saturated carbocycles. The minimum absolute atomic E-state index is 0.125. The maximum absolute atomic E-state index is 6.11. The van der Waals surface area contributed by atoms with Gasteiger partial charge in [0, 0.05) is 18.0 Å². The molecule has 0 saturated heterocycles. The lowest BCUT2D eigenvalue weighted by atomic mass is 10.1. The smallest absolute Gasteiger partial charge is 0.111 e. The molecule has 9 heteroatoms. The van der Waals surface area contributed by atoms with E-state index in [1.165, 1.54) is 25.7 Å². The van der Waals surface area contributed by atoms with Crippen molar-refractivity contribution in [3.05, 3.63) is 60.8 Å². The molecular weight excluding hydrogens is 498 g/mol. The van der Waals surface area contributed by atoms with Gasteiger partial charge in [0.15, 0.2) is 0 Å². The molecule has 0 aliphatic heterocycles. The van der Waals surface area contributed by atoms with E-state index in [0.717, 1.165) is 19.3 Å². The van der Waals surface area contributed by atoms with Crippen molar-refractivity contribution in [3.8, 4) is 0 Å². The van der Waals surface area contributed by atoms with Crippen molar-refractivity contribution in [3.63, 3.8) is 0 Å². The van der Waals surface area contributed by atoms with Crippen LogP contribution >= 0.6 is 52.3 Å². The van der Waals surface area contributed by atoms with Gasteiger partial charge in [-0.05, 0) is 19.3 Å². The van der Waals surface area contributed by atoms with E-state index in [1.54, 1.807) is 0 Å². The summed E-state index contributed by atoms with van der Waals surface area (Å²) in [5.41, 5.74) is 0. The summed E-state index contributed by atoms with van der Waals surface area (Å²) in [5.74, 6) is 0. The van der Waals surface area contributed by atoms with Crippen LogP contribution in [0.1, 0.15) is 58.8 Å². The predicted molar refractivity (Wildman–Crippen MR) is 158 cm³/mol. The number of hydrogen-bond donors (Lipinski definition) is 0. The molecule has 0 aromatic carbocycles. The molecule has 0 N–H and O–H groups in total. The molecule has 0 aromatic rings. The Bertz CT molecular complexity index is 549. The van der Waals surface area contributed by atoms with Crippen molar-refractivity contribution < 1.29 is 13.6 Å². The molecule has 0 rings (SSSR count). The van der Waals surface area contributed by atoms with Crippen LogP contribution in [-0.4, -0.2) is 18.3 Å². The van der Waals surface area contributed by atoms with Gasteiger partial charge < -0.3 is 13.6 Å². The average Bonchev–Trinajstić information content (AvgIpc) is 2.75. The summed E-state index contributed by atoms with van der Waals surface area (Å²) in [6.07, 6.45) is 28.8. The highest BCUT2D eigenvalue weighted by molar-refractivity contribution is 8.41. The monoisotopic (exact) mass is 540 g/mol. The number of unbranched alkanes of at least 4 members (excludes halogenated alkanes) is 3. The van der Waals surface area contributed by atoms with Crippen LogP contribution in [0.15, 0.2) is 60.8 Å². The molecule has 3 nitrogen and oxygen atoms in total. The average molecular weight is 540 g/mol. The number of allylic oxidation sites excluding steroid dienone is 7. The van der Waals surface area contributed by atoms with Crippen LogP contribution in [0, 0.1) is 0 Å². The van der Waals surface area contributed by atoms with Gasteiger partial charge in [-0.2, -0.15) is 0 Å². The lowest BCUT2D eigenvalue weighted by Crippen LogP contribution is -2.23. The Balaban J connectivity index is 4.95. The fraction of sp³-hybridized carbons (Fsp3) is 0.545. The maximum atomic E-state index is 6.11. The van der Waals surface area contributed by atoms with Crippen molar-refractivity contribution >= 4 is 52.3 Å². The Morgan fingerprint density at radius 2 is 1.58 bits per heavy atom. The van der Waals surface area contributed by atoms with Crippen LogP contribution in [0.2, 0.25) is 0 Å². The summed E-state index contributed by atoms with van der Waals surface area (Å²) in [6, 6.07) is 0. The van der Waals surface area contributed by atoms with Crippen molar-refractivity contribution in [1.29, 1.82) is 0 Å². The summed E-state index contributed by atoms with van der Waals surface area (Å²) in [6.45, 7) is 4.37. The summed E-state index contributed by atoms with van der Waals surface area (Å²) in [7, 11) is 10.1. The van der Waals surface area contributed by atoms with E-state index in [2.05, 4.69) is 92.6 Å². The Hall–Kier alpha value is 1.16. The van der Waals surface area contributed by atoms with E-state index >= 15 is 0 Å². The third-order valence-corrected chi connectivity index (χ3v) is 6.63. The second-order valence-electron chi connectivity index (χ2n) is 6.85. The van der Waals surface area contributed by atoms with Crippen molar-refractivity contribution in [2.24, 2.45) is 0 Å². The largest absolute Gasteiger partial charge is 0.358 e. The van der Waals surface area contributed by atoms with Gasteiger partial charge in [0.2, 0.25) is 0 Å². The van der Waals surface area contributed by atoms with Crippen LogP contribution < -0.4 is 0 Å². The van der Waals surface area contributed by atoms with E-state index in [1.807, 2.05) is 18.2 Å². The minimum atomic E-state index is -0.669. The van der Waals surface area contributed by atoms with Gasteiger partial charge in [0.1, 0.15) is 12.2 Å². The molecule has 0 amide bonds. The van der Waals surface area contributed by atoms with E-state index in [9.17, 15) is 0 Å². The van der Waals surface area contributed by atoms with Gasteiger partial charge in [-0.25, -0.2) is 0 Å². The Labute approximate surface area is 203 Å². The zero-order valence-corrected chi connectivity index (χ0v) is 25.4.